The van der Waals surface area contributed by atoms with Crippen LogP contribution in [0.15, 0.2) is 16.8 Å². The van der Waals surface area contributed by atoms with Crippen LogP contribution in [-0.4, -0.2) is 31.9 Å². The predicted octanol–water partition coefficient (Wildman–Crippen LogP) is -0.154. The highest BCUT2D eigenvalue weighted by molar-refractivity contribution is 7.90. The molecule has 0 amide bonds. The van der Waals surface area contributed by atoms with Crippen LogP contribution >= 0.6 is 0 Å². The third-order valence-corrected chi connectivity index (χ3v) is 4.56. The second-order valence-corrected chi connectivity index (χ2v) is 5.84. The van der Waals surface area contributed by atoms with Gasteiger partial charge in [-0.05, 0) is 25.9 Å². The van der Waals surface area contributed by atoms with Crippen molar-refractivity contribution in [1.29, 1.82) is 0 Å². The first-order chi connectivity index (χ1) is 7.68. The maximum Gasteiger partial charge on any atom is 0.214 e. The van der Waals surface area contributed by atoms with Crippen LogP contribution in [0.2, 0.25) is 0 Å². The van der Waals surface area contributed by atoms with Gasteiger partial charge in [-0.25, -0.2) is 13.1 Å². The largest absolute Gasteiger partial charge is 0.360 e. The van der Waals surface area contributed by atoms with Gasteiger partial charge >= 0.3 is 0 Å². The molecule has 0 bridgehead atoms. The average molecular weight is 245 g/mol. The fourth-order valence-electron chi connectivity index (χ4n) is 1.73. The lowest BCUT2D eigenvalue weighted by Crippen LogP contribution is -2.41. The van der Waals surface area contributed by atoms with Crippen molar-refractivity contribution in [2.45, 2.75) is 24.6 Å². The van der Waals surface area contributed by atoms with Gasteiger partial charge in [0.15, 0.2) is 5.76 Å². The summed E-state index contributed by atoms with van der Waals surface area (Å²) in [6.45, 7) is 1.69. The zero-order valence-electron chi connectivity index (χ0n) is 8.85. The minimum atomic E-state index is -3.24. The molecule has 2 N–H and O–H groups in total. The number of sulfonamides is 1. The molecule has 16 heavy (non-hydrogen) atoms. The van der Waals surface area contributed by atoms with Crippen LogP contribution in [0, 0.1) is 0 Å². The molecule has 1 aliphatic rings. The van der Waals surface area contributed by atoms with Crippen LogP contribution in [0.25, 0.3) is 0 Å². The van der Waals surface area contributed by atoms with Gasteiger partial charge in [0, 0.05) is 6.07 Å². The van der Waals surface area contributed by atoms with Crippen LogP contribution in [0.1, 0.15) is 18.6 Å². The summed E-state index contributed by atoms with van der Waals surface area (Å²) in [5.41, 5.74) is 0. The molecule has 1 aliphatic heterocycles. The Bertz CT molecular complexity index is 409. The Balaban J connectivity index is 1.91. The number of aromatic nitrogens is 1. The number of hydrogen-bond donors (Lipinski definition) is 2. The van der Waals surface area contributed by atoms with Crippen LogP contribution < -0.4 is 10.0 Å². The first-order valence-electron chi connectivity index (χ1n) is 5.27. The molecular weight excluding hydrogens is 230 g/mol. The van der Waals surface area contributed by atoms with Crippen LogP contribution in [0.3, 0.4) is 0 Å². The Morgan fingerprint density at radius 1 is 1.50 bits per heavy atom. The van der Waals surface area contributed by atoms with E-state index in [0.717, 1.165) is 13.1 Å². The summed E-state index contributed by atoms with van der Waals surface area (Å²) in [4.78, 5) is 0. The Kier molecular flexibility index (Phi) is 3.57. The van der Waals surface area contributed by atoms with E-state index >= 15 is 0 Å². The van der Waals surface area contributed by atoms with E-state index in [1.54, 1.807) is 6.07 Å². The lowest BCUT2D eigenvalue weighted by Gasteiger charge is -2.22. The van der Waals surface area contributed by atoms with E-state index in [1.165, 1.54) is 6.20 Å². The summed E-state index contributed by atoms with van der Waals surface area (Å²) in [7, 11) is -3.24. The molecule has 0 aromatic carbocycles. The van der Waals surface area contributed by atoms with E-state index in [2.05, 4.69) is 15.2 Å². The van der Waals surface area contributed by atoms with E-state index in [4.69, 9.17) is 4.52 Å². The van der Waals surface area contributed by atoms with Gasteiger partial charge in [-0.2, -0.15) is 0 Å². The summed E-state index contributed by atoms with van der Waals surface area (Å²) in [6, 6.07) is 1.64. The highest BCUT2D eigenvalue weighted by Crippen LogP contribution is 2.12. The summed E-state index contributed by atoms with van der Waals surface area (Å²) in [5, 5.41) is 6.36. The average Bonchev–Trinajstić information content (AvgIpc) is 2.81. The molecule has 1 fully saturated rings. The smallest absolute Gasteiger partial charge is 0.214 e. The summed E-state index contributed by atoms with van der Waals surface area (Å²) in [6.07, 6.45) is 2.81. The molecule has 2 rings (SSSR count). The van der Waals surface area contributed by atoms with Gasteiger partial charge in [-0.3, -0.25) is 0 Å². The van der Waals surface area contributed by atoms with Crippen molar-refractivity contribution < 1.29 is 12.9 Å². The van der Waals surface area contributed by atoms with E-state index < -0.39 is 10.0 Å². The Hall–Kier alpha value is -0.920. The quantitative estimate of drug-likeness (QED) is 0.770. The normalized spacial score (nSPS) is 18.8. The molecule has 1 saturated heterocycles. The van der Waals surface area contributed by atoms with Gasteiger partial charge in [-0.1, -0.05) is 5.16 Å². The van der Waals surface area contributed by atoms with Gasteiger partial charge in [0.25, 0.3) is 0 Å². The maximum absolute atomic E-state index is 11.9. The number of nitrogens with zero attached hydrogens (tertiary/aromatic N) is 1. The molecule has 1 aromatic rings. The fraction of sp³-hybridized carbons (Fsp3) is 0.667. The summed E-state index contributed by atoms with van der Waals surface area (Å²) < 4.78 is 31.1. The second kappa shape index (κ2) is 4.94. The number of rotatable bonds is 4. The lowest BCUT2D eigenvalue weighted by molar-refractivity contribution is 0.379. The molecule has 7 heteroatoms. The van der Waals surface area contributed by atoms with Gasteiger partial charge in [0.1, 0.15) is 0 Å². The molecule has 6 nitrogen and oxygen atoms in total. The van der Waals surface area contributed by atoms with Gasteiger partial charge in [-0.15, -0.1) is 0 Å². The monoisotopic (exact) mass is 245 g/mol. The van der Waals surface area contributed by atoms with Gasteiger partial charge < -0.3 is 9.84 Å². The second-order valence-electron chi connectivity index (χ2n) is 3.79. The van der Waals surface area contributed by atoms with Crippen molar-refractivity contribution in [3.05, 3.63) is 18.0 Å². The molecular formula is C9H15N3O3S. The van der Waals surface area contributed by atoms with Gasteiger partial charge in [0.05, 0.1) is 18.0 Å². The van der Waals surface area contributed by atoms with E-state index in [0.29, 0.717) is 18.6 Å². The molecule has 0 unspecified atom stereocenters. The van der Waals surface area contributed by atoms with Crippen molar-refractivity contribution >= 4 is 10.0 Å². The zero-order chi connectivity index (χ0) is 11.4. The summed E-state index contributed by atoms with van der Waals surface area (Å²) >= 11 is 0. The van der Waals surface area contributed by atoms with Gasteiger partial charge in [0.2, 0.25) is 10.0 Å². The van der Waals surface area contributed by atoms with Crippen LogP contribution in [0.5, 0.6) is 0 Å². The number of hydrogen-bond acceptors (Lipinski definition) is 5. The molecule has 0 atom stereocenters. The minimum Gasteiger partial charge on any atom is -0.360 e. The maximum atomic E-state index is 11.9. The Morgan fingerprint density at radius 3 is 2.88 bits per heavy atom. The van der Waals surface area contributed by atoms with E-state index in [9.17, 15) is 8.42 Å². The molecule has 1 aromatic heterocycles. The van der Waals surface area contributed by atoms with Crippen molar-refractivity contribution in [1.82, 2.24) is 15.2 Å². The topological polar surface area (TPSA) is 84.2 Å². The third-order valence-electron chi connectivity index (χ3n) is 2.66. The zero-order valence-corrected chi connectivity index (χ0v) is 9.66. The highest BCUT2D eigenvalue weighted by atomic mass is 32.2. The third kappa shape index (κ3) is 2.81. The number of nitrogens with one attached hydrogen (secondary N) is 2. The number of piperidine rings is 1. The van der Waals surface area contributed by atoms with Crippen molar-refractivity contribution in [2.75, 3.05) is 13.1 Å². The van der Waals surface area contributed by atoms with Crippen molar-refractivity contribution in [3.63, 3.8) is 0 Å². The first-order valence-corrected chi connectivity index (χ1v) is 6.82. The molecule has 0 saturated carbocycles. The first kappa shape index (κ1) is 11.6. The van der Waals surface area contributed by atoms with Crippen LogP contribution in [0.4, 0.5) is 0 Å². The van der Waals surface area contributed by atoms with E-state index in [-0.39, 0.29) is 11.8 Å². The van der Waals surface area contributed by atoms with Crippen molar-refractivity contribution in [3.8, 4) is 0 Å². The van der Waals surface area contributed by atoms with Crippen molar-refractivity contribution in [2.24, 2.45) is 0 Å². The lowest BCUT2D eigenvalue weighted by atomic mass is 10.2. The summed E-state index contributed by atoms with van der Waals surface area (Å²) in [5.74, 6) is 0.525. The Labute approximate surface area is 94.4 Å². The van der Waals surface area contributed by atoms with Crippen LogP contribution in [-0.2, 0) is 16.6 Å². The SMILES string of the molecule is O=S(=O)(NCc1ccno1)C1CCNCC1. The highest BCUT2D eigenvalue weighted by Gasteiger charge is 2.26. The Morgan fingerprint density at radius 2 is 2.25 bits per heavy atom. The fourth-order valence-corrected chi connectivity index (χ4v) is 3.16. The molecule has 0 radical (unpaired) electrons. The predicted molar refractivity (Wildman–Crippen MR) is 58.2 cm³/mol. The minimum absolute atomic E-state index is 0.173. The molecule has 90 valence electrons. The standard InChI is InChI=1S/C9H15N3O3S/c13-16(14,9-2-4-10-5-3-9)12-7-8-1-6-11-15-8/h1,6,9-10,12H,2-5,7H2. The molecule has 0 aliphatic carbocycles. The molecule has 0 spiro atoms. The molecule has 2 heterocycles. The van der Waals surface area contributed by atoms with E-state index in [1.807, 2.05) is 0 Å².